The molecule has 8 heteroatoms. The van der Waals surface area contributed by atoms with E-state index in [1.54, 1.807) is 18.4 Å². The summed E-state index contributed by atoms with van der Waals surface area (Å²) in [5.41, 5.74) is 0.389. The van der Waals surface area contributed by atoms with Crippen molar-refractivity contribution in [1.29, 1.82) is 5.26 Å². The quantitative estimate of drug-likeness (QED) is 0.558. The fourth-order valence-corrected chi connectivity index (χ4v) is 3.07. The second-order valence-electron chi connectivity index (χ2n) is 5.29. The number of hydrogen-bond acceptors (Lipinski definition) is 6. The number of nitrogens with zero attached hydrogens (tertiary/aromatic N) is 2. The van der Waals surface area contributed by atoms with E-state index in [2.05, 4.69) is 25.9 Å². The SMILES string of the molecule is CCOc1cc(-c2nc(SC)[nH]c(=O)c2C#N)c(Br)cc1OC(C)C. The molecule has 0 saturated carbocycles. The van der Waals surface area contributed by atoms with Crippen LogP contribution in [0.4, 0.5) is 0 Å². The highest BCUT2D eigenvalue weighted by atomic mass is 79.9. The monoisotopic (exact) mass is 423 g/mol. The van der Waals surface area contributed by atoms with Crippen molar-refractivity contribution in [1.82, 2.24) is 9.97 Å². The average Bonchev–Trinajstić information content (AvgIpc) is 2.56. The summed E-state index contributed by atoms with van der Waals surface area (Å²) in [4.78, 5) is 19.1. The molecule has 0 fully saturated rings. The van der Waals surface area contributed by atoms with Crippen LogP contribution in [0.2, 0.25) is 0 Å². The van der Waals surface area contributed by atoms with Gasteiger partial charge in [-0.25, -0.2) is 4.98 Å². The van der Waals surface area contributed by atoms with Gasteiger partial charge in [0.15, 0.2) is 16.7 Å². The van der Waals surface area contributed by atoms with E-state index >= 15 is 0 Å². The van der Waals surface area contributed by atoms with Gasteiger partial charge in [0.25, 0.3) is 5.56 Å². The molecule has 0 bridgehead atoms. The van der Waals surface area contributed by atoms with Crippen LogP contribution in [0.3, 0.4) is 0 Å². The fraction of sp³-hybridized carbons (Fsp3) is 0.353. The Morgan fingerprint density at radius 3 is 2.68 bits per heavy atom. The van der Waals surface area contributed by atoms with Crippen LogP contribution in [0.25, 0.3) is 11.3 Å². The molecule has 2 rings (SSSR count). The van der Waals surface area contributed by atoms with Crippen LogP contribution >= 0.6 is 27.7 Å². The number of hydrogen-bond donors (Lipinski definition) is 1. The Morgan fingerprint density at radius 1 is 1.40 bits per heavy atom. The molecule has 1 N–H and O–H groups in total. The Labute approximate surface area is 158 Å². The van der Waals surface area contributed by atoms with E-state index in [0.717, 1.165) is 0 Å². The summed E-state index contributed by atoms with van der Waals surface area (Å²) in [6.45, 7) is 6.18. The molecule has 0 aliphatic heterocycles. The molecule has 0 unspecified atom stereocenters. The molecule has 132 valence electrons. The first-order valence-corrected chi connectivity index (χ1v) is 9.64. The molecule has 1 aromatic carbocycles. The van der Waals surface area contributed by atoms with Crippen molar-refractivity contribution < 1.29 is 9.47 Å². The van der Waals surface area contributed by atoms with Crippen molar-refractivity contribution in [2.45, 2.75) is 32.0 Å². The van der Waals surface area contributed by atoms with E-state index in [0.29, 0.717) is 39.0 Å². The summed E-state index contributed by atoms with van der Waals surface area (Å²) in [7, 11) is 0. The highest BCUT2D eigenvalue weighted by Crippen LogP contribution is 2.39. The molecule has 1 aromatic heterocycles. The first-order valence-electron chi connectivity index (χ1n) is 7.63. The van der Waals surface area contributed by atoms with Crippen molar-refractivity contribution >= 4 is 27.7 Å². The summed E-state index contributed by atoms with van der Waals surface area (Å²) in [6.07, 6.45) is 1.78. The van der Waals surface area contributed by atoms with E-state index in [-0.39, 0.29) is 11.7 Å². The predicted octanol–water partition coefficient (Wildman–Crippen LogP) is 3.98. The lowest BCUT2D eigenvalue weighted by Gasteiger charge is -2.17. The van der Waals surface area contributed by atoms with Gasteiger partial charge in [-0.2, -0.15) is 5.26 Å². The molecule has 0 saturated heterocycles. The smallest absolute Gasteiger partial charge is 0.270 e. The number of aromatic nitrogens is 2. The summed E-state index contributed by atoms with van der Waals surface area (Å²) in [5, 5.41) is 9.81. The van der Waals surface area contributed by atoms with Gasteiger partial charge in [0, 0.05) is 10.0 Å². The van der Waals surface area contributed by atoms with Crippen LogP contribution in [0.1, 0.15) is 26.3 Å². The highest BCUT2D eigenvalue weighted by Gasteiger charge is 2.19. The van der Waals surface area contributed by atoms with Gasteiger partial charge in [0.2, 0.25) is 0 Å². The van der Waals surface area contributed by atoms with E-state index in [9.17, 15) is 10.1 Å². The van der Waals surface area contributed by atoms with Gasteiger partial charge < -0.3 is 14.5 Å². The topological polar surface area (TPSA) is 88.0 Å². The minimum Gasteiger partial charge on any atom is -0.490 e. The highest BCUT2D eigenvalue weighted by molar-refractivity contribution is 9.10. The third kappa shape index (κ3) is 4.35. The van der Waals surface area contributed by atoms with Gasteiger partial charge in [0.05, 0.1) is 18.4 Å². The Balaban J connectivity index is 2.71. The van der Waals surface area contributed by atoms with Gasteiger partial charge in [-0.05, 0) is 55.1 Å². The first kappa shape index (κ1) is 19.3. The lowest BCUT2D eigenvalue weighted by Crippen LogP contribution is -2.15. The molecule has 0 atom stereocenters. The van der Waals surface area contributed by atoms with Crippen LogP contribution in [0.15, 0.2) is 26.6 Å². The Kier molecular flexibility index (Phi) is 6.51. The Hall–Kier alpha value is -1.98. The molecule has 2 aromatic rings. The fourth-order valence-electron chi connectivity index (χ4n) is 2.18. The van der Waals surface area contributed by atoms with E-state index in [1.807, 2.05) is 26.8 Å². The zero-order valence-electron chi connectivity index (χ0n) is 14.3. The molecular weight excluding hydrogens is 406 g/mol. The van der Waals surface area contributed by atoms with Crippen LogP contribution in [-0.4, -0.2) is 28.9 Å². The molecule has 0 spiro atoms. The minimum absolute atomic E-state index is 0.0209. The molecule has 1 heterocycles. The third-order valence-corrected chi connectivity index (χ3v) is 4.39. The Bertz CT molecular complexity index is 875. The zero-order valence-corrected chi connectivity index (χ0v) is 16.7. The van der Waals surface area contributed by atoms with Crippen molar-refractivity contribution in [3.63, 3.8) is 0 Å². The normalized spacial score (nSPS) is 10.6. The van der Waals surface area contributed by atoms with E-state index < -0.39 is 5.56 Å². The zero-order chi connectivity index (χ0) is 18.6. The number of aromatic amines is 1. The second-order valence-corrected chi connectivity index (χ2v) is 6.94. The maximum absolute atomic E-state index is 12.2. The van der Waals surface area contributed by atoms with Gasteiger partial charge in [0.1, 0.15) is 11.6 Å². The van der Waals surface area contributed by atoms with Crippen molar-refractivity contribution in [3.05, 3.63) is 32.5 Å². The largest absolute Gasteiger partial charge is 0.490 e. The van der Waals surface area contributed by atoms with E-state index in [1.165, 1.54) is 11.8 Å². The van der Waals surface area contributed by atoms with Crippen LogP contribution in [0.5, 0.6) is 11.5 Å². The molecule has 6 nitrogen and oxygen atoms in total. The number of benzene rings is 1. The van der Waals surface area contributed by atoms with Gasteiger partial charge in [-0.15, -0.1) is 0 Å². The predicted molar refractivity (Wildman–Crippen MR) is 101 cm³/mol. The van der Waals surface area contributed by atoms with Gasteiger partial charge in [-0.1, -0.05) is 11.8 Å². The van der Waals surface area contributed by atoms with Crippen molar-refractivity contribution in [3.8, 4) is 28.8 Å². The minimum atomic E-state index is -0.468. The number of H-pyrrole nitrogens is 1. The van der Waals surface area contributed by atoms with Crippen LogP contribution < -0.4 is 15.0 Å². The van der Waals surface area contributed by atoms with Crippen molar-refractivity contribution in [2.75, 3.05) is 12.9 Å². The molecule has 0 aliphatic carbocycles. The number of nitrogens with one attached hydrogen (secondary N) is 1. The summed E-state index contributed by atoms with van der Waals surface area (Å²) < 4.78 is 12.1. The first-order chi connectivity index (χ1) is 11.9. The molecule has 0 aliphatic rings. The summed E-state index contributed by atoms with van der Waals surface area (Å²) >= 11 is 4.79. The van der Waals surface area contributed by atoms with Crippen LogP contribution in [0, 0.1) is 11.3 Å². The molecule has 0 amide bonds. The summed E-state index contributed by atoms with van der Waals surface area (Å²) in [6, 6.07) is 5.43. The maximum Gasteiger partial charge on any atom is 0.270 e. The maximum atomic E-state index is 12.2. The van der Waals surface area contributed by atoms with Crippen LogP contribution in [-0.2, 0) is 0 Å². The molecular formula is C17H18BrN3O3S. The van der Waals surface area contributed by atoms with Gasteiger partial charge >= 0.3 is 0 Å². The second kappa shape index (κ2) is 8.41. The number of ether oxygens (including phenoxy) is 2. The third-order valence-electron chi connectivity index (χ3n) is 3.15. The standard InChI is InChI=1S/C17H18BrN3O3S/c1-5-23-13-6-10(12(18)7-14(13)24-9(2)3)15-11(8-19)16(22)21-17(20-15)25-4/h6-7,9H,5H2,1-4H3,(H,20,21,22). The average molecular weight is 424 g/mol. The number of halogens is 1. The van der Waals surface area contributed by atoms with Crippen molar-refractivity contribution in [2.24, 2.45) is 0 Å². The Morgan fingerprint density at radius 2 is 2.12 bits per heavy atom. The number of nitriles is 1. The van der Waals surface area contributed by atoms with Gasteiger partial charge in [-0.3, -0.25) is 4.79 Å². The number of thioether (sulfide) groups is 1. The molecule has 25 heavy (non-hydrogen) atoms. The lowest BCUT2D eigenvalue weighted by atomic mass is 10.1. The molecule has 0 radical (unpaired) electrons. The lowest BCUT2D eigenvalue weighted by molar-refractivity contribution is 0.224. The summed E-state index contributed by atoms with van der Waals surface area (Å²) in [5.74, 6) is 1.12. The van der Waals surface area contributed by atoms with E-state index in [4.69, 9.17) is 9.47 Å². The number of rotatable bonds is 6.